The molecule has 0 spiro atoms. The van der Waals surface area contributed by atoms with Crippen LogP contribution < -0.4 is 9.64 Å². The standard InChI is InChI=1S/C14H22ClN3O/c1-11(2)19-13-7-9-16-14(17-13)18-10-4-6-12(18)5-3-8-15/h7,9,11-12H,3-6,8,10H2,1-2H3. The molecule has 1 atom stereocenters. The minimum atomic E-state index is 0.133. The van der Waals surface area contributed by atoms with Crippen LogP contribution in [0.2, 0.25) is 0 Å². The molecule has 19 heavy (non-hydrogen) atoms. The highest BCUT2D eigenvalue weighted by Crippen LogP contribution is 2.26. The van der Waals surface area contributed by atoms with Crippen LogP contribution in [0.25, 0.3) is 0 Å². The van der Waals surface area contributed by atoms with E-state index >= 15 is 0 Å². The largest absolute Gasteiger partial charge is 0.475 e. The van der Waals surface area contributed by atoms with E-state index in [1.54, 1.807) is 6.20 Å². The molecule has 4 nitrogen and oxygen atoms in total. The van der Waals surface area contributed by atoms with E-state index in [1.807, 2.05) is 19.9 Å². The number of aromatic nitrogens is 2. The average Bonchev–Trinajstić information content (AvgIpc) is 2.84. The Bertz CT molecular complexity index is 400. The molecular formula is C14H22ClN3O. The maximum atomic E-state index is 5.79. The van der Waals surface area contributed by atoms with Crippen molar-refractivity contribution in [1.29, 1.82) is 0 Å². The number of hydrogen-bond donors (Lipinski definition) is 0. The molecule has 106 valence electrons. The summed E-state index contributed by atoms with van der Waals surface area (Å²) in [5.41, 5.74) is 0. The van der Waals surface area contributed by atoms with Crippen molar-refractivity contribution in [1.82, 2.24) is 9.97 Å². The highest BCUT2D eigenvalue weighted by atomic mass is 35.5. The fourth-order valence-corrected chi connectivity index (χ4v) is 2.64. The van der Waals surface area contributed by atoms with Crippen molar-refractivity contribution in [2.24, 2.45) is 0 Å². The van der Waals surface area contributed by atoms with Crippen LogP contribution in [-0.4, -0.2) is 34.5 Å². The fourth-order valence-electron chi connectivity index (χ4n) is 2.49. The fraction of sp³-hybridized carbons (Fsp3) is 0.714. The van der Waals surface area contributed by atoms with Crippen molar-refractivity contribution < 1.29 is 4.74 Å². The minimum absolute atomic E-state index is 0.133. The first-order chi connectivity index (χ1) is 9.20. The van der Waals surface area contributed by atoms with E-state index in [-0.39, 0.29) is 6.10 Å². The second kappa shape index (κ2) is 6.94. The molecule has 1 fully saturated rings. The summed E-state index contributed by atoms with van der Waals surface area (Å²) in [5.74, 6) is 2.17. The zero-order chi connectivity index (χ0) is 13.7. The van der Waals surface area contributed by atoms with E-state index in [1.165, 1.54) is 12.8 Å². The second-order valence-electron chi connectivity index (χ2n) is 5.18. The zero-order valence-corrected chi connectivity index (χ0v) is 12.4. The van der Waals surface area contributed by atoms with Crippen LogP contribution in [0, 0.1) is 0 Å². The number of halogens is 1. The first-order valence-corrected chi connectivity index (χ1v) is 7.56. The van der Waals surface area contributed by atoms with E-state index < -0.39 is 0 Å². The van der Waals surface area contributed by atoms with E-state index in [2.05, 4.69) is 14.9 Å². The molecule has 2 rings (SSSR count). The Morgan fingerprint density at radius 1 is 1.53 bits per heavy atom. The average molecular weight is 284 g/mol. The molecule has 1 saturated heterocycles. The molecule has 0 amide bonds. The number of anilines is 1. The van der Waals surface area contributed by atoms with E-state index in [9.17, 15) is 0 Å². The predicted octanol–water partition coefficient (Wildman–Crippen LogP) is 3.25. The number of ether oxygens (including phenoxy) is 1. The molecule has 1 aromatic heterocycles. The van der Waals surface area contributed by atoms with Gasteiger partial charge in [0.05, 0.1) is 6.10 Å². The first-order valence-electron chi connectivity index (χ1n) is 7.03. The first kappa shape index (κ1) is 14.4. The Balaban J connectivity index is 2.07. The Hall–Kier alpha value is -1.03. The zero-order valence-electron chi connectivity index (χ0n) is 11.7. The lowest BCUT2D eigenvalue weighted by atomic mass is 10.1. The Labute approximate surface area is 120 Å². The van der Waals surface area contributed by atoms with Crippen molar-refractivity contribution >= 4 is 17.5 Å². The SMILES string of the molecule is CC(C)Oc1ccnc(N2CCCC2CCCCl)n1. The summed E-state index contributed by atoms with van der Waals surface area (Å²) in [5, 5.41) is 0. The van der Waals surface area contributed by atoms with Gasteiger partial charge >= 0.3 is 0 Å². The lowest BCUT2D eigenvalue weighted by molar-refractivity contribution is 0.232. The van der Waals surface area contributed by atoms with Crippen molar-refractivity contribution in [3.8, 4) is 5.88 Å². The molecule has 0 bridgehead atoms. The molecule has 2 heterocycles. The quantitative estimate of drug-likeness (QED) is 0.751. The van der Waals surface area contributed by atoms with E-state index in [0.717, 1.165) is 31.2 Å². The molecule has 0 aliphatic carbocycles. The summed E-state index contributed by atoms with van der Waals surface area (Å²) in [6.07, 6.45) is 6.47. The van der Waals surface area contributed by atoms with E-state index in [4.69, 9.17) is 16.3 Å². The molecule has 1 unspecified atom stereocenters. The van der Waals surface area contributed by atoms with Crippen LogP contribution in [0.5, 0.6) is 5.88 Å². The maximum absolute atomic E-state index is 5.79. The third kappa shape index (κ3) is 3.96. The third-order valence-electron chi connectivity index (χ3n) is 3.28. The summed E-state index contributed by atoms with van der Waals surface area (Å²) >= 11 is 5.79. The molecule has 1 aromatic rings. The Morgan fingerprint density at radius 2 is 2.37 bits per heavy atom. The summed E-state index contributed by atoms with van der Waals surface area (Å²) in [4.78, 5) is 11.2. The van der Waals surface area contributed by atoms with Crippen LogP contribution in [0.4, 0.5) is 5.95 Å². The van der Waals surface area contributed by atoms with Crippen molar-refractivity contribution in [3.05, 3.63) is 12.3 Å². The summed E-state index contributed by atoms with van der Waals surface area (Å²) in [7, 11) is 0. The molecule has 0 aromatic carbocycles. The van der Waals surface area contributed by atoms with Gasteiger partial charge in [0, 0.05) is 30.7 Å². The van der Waals surface area contributed by atoms with Gasteiger partial charge in [-0.05, 0) is 39.5 Å². The lowest BCUT2D eigenvalue weighted by Crippen LogP contribution is -2.31. The van der Waals surface area contributed by atoms with Gasteiger partial charge in [-0.3, -0.25) is 0 Å². The van der Waals surface area contributed by atoms with Crippen LogP contribution in [-0.2, 0) is 0 Å². The van der Waals surface area contributed by atoms with Gasteiger partial charge in [0.1, 0.15) is 0 Å². The van der Waals surface area contributed by atoms with Gasteiger partial charge in [-0.25, -0.2) is 4.98 Å². The molecule has 0 N–H and O–H groups in total. The lowest BCUT2D eigenvalue weighted by Gasteiger charge is -2.24. The van der Waals surface area contributed by atoms with Gasteiger partial charge in [0.15, 0.2) is 0 Å². The number of hydrogen-bond acceptors (Lipinski definition) is 4. The monoisotopic (exact) mass is 283 g/mol. The minimum Gasteiger partial charge on any atom is -0.475 e. The summed E-state index contributed by atoms with van der Waals surface area (Å²) in [6.45, 7) is 5.03. The van der Waals surface area contributed by atoms with Gasteiger partial charge in [0.2, 0.25) is 11.8 Å². The Morgan fingerprint density at radius 3 is 3.11 bits per heavy atom. The van der Waals surface area contributed by atoms with Crippen LogP contribution in [0.15, 0.2) is 12.3 Å². The van der Waals surface area contributed by atoms with Crippen molar-refractivity contribution in [2.75, 3.05) is 17.3 Å². The number of nitrogens with zero attached hydrogens (tertiary/aromatic N) is 3. The summed E-state index contributed by atoms with van der Waals surface area (Å²) in [6, 6.07) is 2.33. The molecule has 1 aliphatic heterocycles. The second-order valence-corrected chi connectivity index (χ2v) is 5.56. The smallest absolute Gasteiger partial charge is 0.228 e. The third-order valence-corrected chi connectivity index (χ3v) is 3.55. The van der Waals surface area contributed by atoms with E-state index in [0.29, 0.717) is 11.9 Å². The number of alkyl halides is 1. The van der Waals surface area contributed by atoms with Gasteiger partial charge in [-0.15, -0.1) is 11.6 Å². The normalized spacial score (nSPS) is 19.2. The molecule has 0 saturated carbocycles. The number of rotatable bonds is 6. The Kier molecular flexibility index (Phi) is 5.25. The maximum Gasteiger partial charge on any atom is 0.228 e. The van der Waals surface area contributed by atoms with Gasteiger partial charge in [-0.1, -0.05) is 0 Å². The van der Waals surface area contributed by atoms with Gasteiger partial charge in [0.25, 0.3) is 0 Å². The van der Waals surface area contributed by atoms with Gasteiger partial charge < -0.3 is 9.64 Å². The highest BCUT2D eigenvalue weighted by Gasteiger charge is 2.26. The van der Waals surface area contributed by atoms with Crippen LogP contribution >= 0.6 is 11.6 Å². The molecule has 5 heteroatoms. The van der Waals surface area contributed by atoms with Crippen molar-refractivity contribution in [3.63, 3.8) is 0 Å². The highest BCUT2D eigenvalue weighted by molar-refractivity contribution is 6.17. The molecule has 1 aliphatic rings. The molecular weight excluding hydrogens is 262 g/mol. The van der Waals surface area contributed by atoms with Crippen LogP contribution in [0.1, 0.15) is 39.5 Å². The van der Waals surface area contributed by atoms with Crippen LogP contribution in [0.3, 0.4) is 0 Å². The molecule has 0 radical (unpaired) electrons. The van der Waals surface area contributed by atoms with Crippen molar-refractivity contribution in [2.45, 2.75) is 51.7 Å². The van der Waals surface area contributed by atoms with Gasteiger partial charge in [-0.2, -0.15) is 4.98 Å². The topological polar surface area (TPSA) is 38.2 Å². The summed E-state index contributed by atoms with van der Waals surface area (Å²) < 4.78 is 5.63. The predicted molar refractivity (Wildman–Crippen MR) is 78.1 cm³/mol.